The van der Waals surface area contributed by atoms with E-state index in [9.17, 15) is 4.79 Å². The van der Waals surface area contributed by atoms with Crippen LogP contribution in [0.5, 0.6) is 0 Å². The number of carbonyl (C=O) groups is 1. The summed E-state index contributed by atoms with van der Waals surface area (Å²) in [6, 6.07) is 0. The summed E-state index contributed by atoms with van der Waals surface area (Å²) in [7, 11) is 0. The van der Waals surface area contributed by atoms with Crippen molar-refractivity contribution in [2.45, 2.75) is 64.7 Å². The number of unbranched alkanes of at least 4 members (excludes halogenated alkanes) is 4. The molecule has 0 N–H and O–H groups in total. The maximum absolute atomic E-state index is 11.7. The fraction of sp³-hybridized carbons (Fsp3) is 0.929. The maximum Gasteiger partial charge on any atom is 0.133 e. The first-order valence-corrected chi connectivity index (χ1v) is 6.92. The lowest BCUT2D eigenvalue weighted by Gasteiger charge is -2.21. The number of ether oxygens (including phenoxy) is 1. The first-order chi connectivity index (χ1) is 7.83. The van der Waals surface area contributed by atoms with E-state index in [1.165, 1.54) is 25.7 Å². The molecule has 0 bridgehead atoms. The van der Waals surface area contributed by atoms with Crippen molar-refractivity contribution >= 4 is 5.78 Å². The largest absolute Gasteiger partial charge is 0.381 e. The fourth-order valence-electron chi connectivity index (χ4n) is 2.30. The van der Waals surface area contributed by atoms with Crippen molar-refractivity contribution in [1.82, 2.24) is 0 Å². The van der Waals surface area contributed by atoms with Crippen molar-refractivity contribution in [2.75, 3.05) is 13.2 Å². The van der Waals surface area contributed by atoms with Gasteiger partial charge in [-0.3, -0.25) is 4.79 Å². The van der Waals surface area contributed by atoms with Gasteiger partial charge in [0.15, 0.2) is 0 Å². The quantitative estimate of drug-likeness (QED) is 0.589. The van der Waals surface area contributed by atoms with Gasteiger partial charge >= 0.3 is 0 Å². The van der Waals surface area contributed by atoms with Crippen LogP contribution < -0.4 is 0 Å². The van der Waals surface area contributed by atoms with E-state index in [0.717, 1.165) is 45.3 Å². The highest BCUT2D eigenvalue weighted by Crippen LogP contribution is 2.20. The highest BCUT2D eigenvalue weighted by Gasteiger charge is 2.16. The lowest BCUT2D eigenvalue weighted by Crippen LogP contribution is -2.18. The molecule has 1 heterocycles. The molecule has 0 aromatic carbocycles. The van der Waals surface area contributed by atoms with Crippen LogP contribution in [0.2, 0.25) is 0 Å². The van der Waals surface area contributed by atoms with E-state index in [1.54, 1.807) is 0 Å². The third-order valence-electron chi connectivity index (χ3n) is 3.42. The molecule has 0 radical (unpaired) electrons. The van der Waals surface area contributed by atoms with Gasteiger partial charge in [0.25, 0.3) is 0 Å². The van der Waals surface area contributed by atoms with Gasteiger partial charge in [0, 0.05) is 26.1 Å². The summed E-state index contributed by atoms with van der Waals surface area (Å²) in [5.74, 6) is 1.08. The van der Waals surface area contributed by atoms with Gasteiger partial charge in [-0.25, -0.2) is 0 Å². The second-order valence-electron chi connectivity index (χ2n) is 4.96. The molecule has 0 aliphatic carbocycles. The number of Topliss-reactive ketones (excluding diaryl/α,β-unsaturated/α-hetero) is 1. The molecule has 1 fully saturated rings. The van der Waals surface area contributed by atoms with Gasteiger partial charge in [0.1, 0.15) is 5.78 Å². The average molecular weight is 226 g/mol. The summed E-state index contributed by atoms with van der Waals surface area (Å²) >= 11 is 0. The van der Waals surface area contributed by atoms with Crippen LogP contribution in [0.1, 0.15) is 64.7 Å². The summed E-state index contributed by atoms with van der Waals surface area (Å²) < 4.78 is 5.30. The molecule has 1 rings (SSSR count). The van der Waals surface area contributed by atoms with Gasteiger partial charge in [-0.1, -0.05) is 32.6 Å². The van der Waals surface area contributed by atoms with Crippen LogP contribution in [0.25, 0.3) is 0 Å². The topological polar surface area (TPSA) is 26.3 Å². The van der Waals surface area contributed by atoms with Gasteiger partial charge in [-0.2, -0.15) is 0 Å². The summed E-state index contributed by atoms with van der Waals surface area (Å²) in [5.41, 5.74) is 0. The Bertz CT molecular complexity index is 183. The van der Waals surface area contributed by atoms with Crippen LogP contribution in [-0.2, 0) is 9.53 Å². The lowest BCUT2D eigenvalue weighted by molar-refractivity contribution is -0.120. The minimum absolute atomic E-state index is 0.475. The van der Waals surface area contributed by atoms with E-state index >= 15 is 0 Å². The maximum atomic E-state index is 11.7. The number of carbonyl (C=O) groups excluding carboxylic acids is 1. The normalized spacial score (nSPS) is 17.6. The first-order valence-electron chi connectivity index (χ1n) is 6.92. The van der Waals surface area contributed by atoms with Gasteiger partial charge < -0.3 is 4.74 Å². The molecule has 0 aromatic heterocycles. The van der Waals surface area contributed by atoms with Crippen molar-refractivity contribution in [3.8, 4) is 0 Å². The average Bonchev–Trinajstić information content (AvgIpc) is 2.30. The second-order valence-corrected chi connectivity index (χ2v) is 4.96. The molecule has 94 valence electrons. The Hall–Kier alpha value is -0.370. The Labute approximate surface area is 99.8 Å². The van der Waals surface area contributed by atoms with E-state index in [0.29, 0.717) is 11.7 Å². The molecule has 16 heavy (non-hydrogen) atoms. The zero-order valence-corrected chi connectivity index (χ0v) is 10.7. The molecule has 2 heteroatoms. The van der Waals surface area contributed by atoms with E-state index in [-0.39, 0.29) is 0 Å². The SMILES string of the molecule is CCCCCCCC(=O)CC1CCOCC1. The molecule has 1 saturated heterocycles. The van der Waals surface area contributed by atoms with E-state index in [1.807, 2.05) is 0 Å². The van der Waals surface area contributed by atoms with Gasteiger partial charge in [0.05, 0.1) is 0 Å². The Morgan fingerprint density at radius 3 is 2.50 bits per heavy atom. The summed E-state index contributed by atoms with van der Waals surface area (Å²) in [4.78, 5) is 11.7. The van der Waals surface area contributed by atoms with Crippen molar-refractivity contribution in [3.63, 3.8) is 0 Å². The Kier molecular flexibility index (Phi) is 7.48. The predicted octanol–water partition coefficient (Wildman–Crippen LogP) is 3.73. The van der Waals surface area contributed by atoms with Crippen LogP contribution in [0.15, 0.2) is 0 Å². The van der Waals surface area contributed by atoms with Crippen molar-refractivity contribution < 1.29 is 9.53 Å². The molecule has 2 nitrogen and oxygen atoms in total. The molecule has 1 aliphatic heterocycles. The summed E-state index contributed by atoms with van der Waals surface area (Å²) in [6.45, 7) is 3.93. The highest BCUT2D eigenvalue weighted by molar-refractivity contribution is 5.78. The number of ketones is 1. The molecule has 0 amide bonds. The smallest absolute Gasteiger partial charge is 0.133 e. The number of rotatable bonds is 8. The molecular formula is C14H26O2. The third kappa shape index (κ3) is 6.26. The van der Waals surface area contributed by atoms with Crippen LogP contribution in [0, 0.1) is 5.92 Å². The highest BCUT2D eigenvalue weighted by atomic mass is 16.5. The lowest BCUT2D eigenvalue weighted by atomic mass is 9.92. The molecule has 0 atom stereocenters. The Morgan fingerprint density at radius 2 is 1.81 bits per heavy atom. The molecular weight excluding hydrogens is 200 g/mol. The first kappa shape index (κ1) is 13.7. The van der Waals surface area contributed by atoms with Crippen molar-refractivity contribution in [3.05, 3.63) is 0 Å². The number of hydrogen-bond donors (Lipinski definition) is 0. The molecule has 0 saturated carbocycles. The van der Waals surface area contributed by atoms with Gasteiger partial charge in [-0.05, 0) is 25.2 Å². The standard InChI is InChI=1S/C14H26O2/c1-2-3-4-5-6-7-14(15)12-13-8-10-16-11-9-13/h13H,2-12H2,1H3. The predicted molar refractivity (Wildman–Crippen MR) is 66.5 cm³/mol. The Balaban J connectivity index is 1.97. The third-order valence-corrected chi connectivity index (χ3v) is 3.42. The molecule has 1 aliphatic rings. The van der Waals surface area contributed by atoms with Crippen molar-refractivity contribution in [1.29, 1.82) is 0 Å². The summed E-state index contributed by atoms with van der Waals surface area (Å²) in [5, 5.41) is 0. The van der Waals surface area contributed by atoms with Gasteiger partial charge in [-0.15, -0.1) is 0 Å². The minimum atomic E-state index is 0.475. The molecule has 0 unspecified atom stereocenters. The zero-order chi connectivity index (χ0) is 11.6. The van der Waals surface area contributed by atoms with E-state index in [2.05, 4.69) is 6.92 Å². The summed E-state index contributed by atoms with van der Waals surface area (Å²) in [6.07, 6.45) is 9.99. The molecule has 0 spiro atoms. The van der Waals surface area contributed by atoms with Crippen LogP contribution in [0.4, 0.5) is 0 Å². The van der Waals surface area contributed by atoms with E-state index in [4.69, 9.17) is 4.74 Å². The molecule has 0 aromatic rings. The fourth-order valence-corrected chi connectivity index (χ4v) is 2.30. The van der Waals surface area contributed by atoms with E-state index < -0.39 is 0 Å². The van der Waals surface area contributed by atoms with Crippen molar-refractivity contribution in [2.24, 2.45) is 5.92 Å². The number of hydrogen-bond acceptors (Lipinski definition) is 2. The Morgan fingerprint density at radius 1 is 1.12 bits per heavy atom. The monoisotopic (exact) mass is 226 g/mol. The second kappa shape index (κ2) is 8.74. The minimum Gasteiger partial charge on any atom is -0.381 e. The van der Waals surface area contributed by atoms with Crippen LogP contribution in [-0.4, -0.2) is 19.0 Å². The van der Waals surface area contributed by atoms with Crippen LogP contribution in [0.3, 0.4) is 0 Å². The van der Waals surface area contributed by atoms with Gasteiger partial charge in [0.2, 0.25) is 0 Å². The zero-order valence-electron chi connectivity index (χ0n) is 10.7. The van der Waals surface area contributed by atoms with Crippen LogP contribution >= 0.6 is 0 Å².